The van der Waals surface area contributed by atoms with Crippen LogP contribution in [0.15, 0.2) is 24.4 Å². The van der Waals surface area contributed by atoms with E-state index in [0.29, 0.717) is 25.4 Å². The van der Waals surface area contributed by atoms with Gasteiger partial charge in [0.25, 0.3) is 5.91 Å². The first kappa shape index (κ1) is 13.8. The highest BCUT2D eigenvalue weighted by atomic mass is 16.5. The number of pyridine rings is 1. The molecule has 0 radical (unpaired) electrons. The zero-order valence-electron chi connectivity index (χ0n) is 12.2. The number of hydrogen-bond donors (Lipinski definition) is 1. The molecule has 1 aliphatic rings. The van der Waals surface area contributed by atoms with E-state index in [-0.39, 0.29) is 12.0 Å². The fourth-order valence-corrected chi connectivity index (χ4v) is 2.42. The molecule has 110 valence electrons. The molecule has 21 heavy (non-hydrogen) atoms. The number of ether oxygens (including phenoxy) is 1. The Kier molecular flexibility index (Phi) is 3.70. The number of carbonyl (C=O) groups is 1. The van der Waals surface area contributed by atoms with Crippen LogP contribution >= 0.6 is 0 Å². The molecule has 0 unspecified atom stereocenters. The van der Waals surface area contributed by atoms with Crippen molar-refractivity contribution in [1.82, 2.24) is 19.9 Å². The van der Waals surface area contributed by atoms with E-state index in [0.717, 1.165) is 17.2 Å². The SMILES string of the molecule is Cc1cccc(C(=O)N2CCO[C@H](c3ncc(C)[nH]3)C2)n1. The van der Waals surface area contributed by atoms with E-state index in [1.54, 1.807) is 17.2 Å². The molecule has 3 heterocycles. The van der Waals surface area contributed by atoms with E-state index >= 15 is 0 Å². The predicted molar refractivity (Wildman–Crippen MR) is 76.9 cm³/mol. The fraction of sp³-hybridized carbons (Fsp3) is 0.400. The number of nitrogens with one attached hydrogen (secondary N) is 1. The molecule has 2 aromatic rings. The maximum Gasteiger partial charge on any atom is 0.272 e. The van der Waals surface area contributed by atoms with Crippen LogP contribution in [0.5, 0.6) is 0 Å². The van der Waals surface area contributed by atoms with Gasteiger partial charge in [-0.1, -0.05) is 6.07 Å². The second-order valence-electron chi connectivity index (χ2n) is 5.23. The summed E-state index contributed by atoms with van der Waals surface area (Å²) in [6.07, 6.45) is 1.56. The van der Waals surface area contributed by atoms with Crippen molar-refractivity contribution >= 4 is 5.91 Å². The zero-order valence-corrected chi connectivity index (χ0v) is 12.2. The average molecular weight is 286 g/mol. The van der Waals surface area contributed by atoms with Crippen molar-refractivity contribution in [2.24, 2.45) is 0 Å². The van der Waals surface area contributed by atoms with Crippen molar-refractivity contribution in [3.8, 4) is 0 Å². The average Bonchev–Trinajstić information content (AvgIpc) is 2.93. The maximum atomic E-state index is 12.5. The summed E-state index contributed by atoms with van der Waals surface area (Å²) < 4.78 is 5.71. The number of carbonyl (C=O) groups excluding carboxylic acids is 1. The van der Waals surface area contributed by atoms with Gasteiger partial charge in [-0.2, -0.15) is 0 Å². The summed E-state index contributed by atoms with van der Waals surface area (Å²) in [5.41, 5.74) is 2.30. The third kappa shape index (κ3) is 2.95. The summed E-state index contributed by atoms with van der Waals surface area (Å²) in [4.78, 5) is 26.0. The zero-order chi connectivity index (χ0) is 14.8. The molecule has 1 atom stereocenters. The molecular formula is C15H18N4O2. The molecule has 1 fully saturated rings. The first-order valence-electron chi connectivity index (χ1n) is 6.99. The molecule has 0 bridgehead atoms. The quantitative estimate of drug-likeness (QED) is 0.911. The summed E-state index contributed by atoms with van der Waals surface area (Å²) in [6.45, 7) is 5.39. The van der Waals surface area contributed by atoms with Crippen LogP contribution in [0.25, 0.3) is 0 Å². The van der Waals surface area contributed by atoms with Gasteiger partial charge in [0.05, 0.1) is 13.2 Å². The third-order valence-corrected chi connectivity index (χ3v) is 3.49. The molecule has 0 spiro atoms. The molecular weight excluding hydrogens is 268 g/mol. The van der Waals surface area contributed by atoms with Crippen LogP contribution in [0.1, 0.15) is 33.8 Å². The number of morpholine rings is 1. The van der Waals surface area contributed by atoms with Gasteiger partial charge >= 0.3 is 0 Å². The Morgan fingerprint density at radius 3 is 3.00 bits per heavy atom. The second kappa shape index (κ2) is 5.65. The van der Waals surface area contributed by atoms with Gasteiger partial charge < -0.3 is 14.6 Å². The first-order chi connectivity index (χ1) is 10.1. The molecule has 1 N–H and O–H groups in total. The van der Waals surface area contributed by atoms with Crippen LogP contribution in [-0.4, -0.2) is 45.5 Å². The van der Waals surface area contributed by atoms with Crippen LogP contribution in [0.2, 0.25) is 0 Å². The standard InChI is InChI=1S/C15H18N4O2/c1-10-4-3-5-12(17-10)15(20)19-6-7-21-13(9-19)14-16-8-11(2)18-14/h3-5,8,13H,6-7,9H2,1-2H3,(H,16,18)/t13-/m0/s1. The molecule has 1 amide bonds. The highest BCUT2D eigenvalue weighted by Crippen LogP contribution is 2.20. The molecule has 0 saturated carbocycles. The van der Waals surface area contributed by atoms with Crippen molar-refractivity contribution in [2.45, 2.75) is 20.0 Å². The van der Waals surface area contributed by atoms with Gasteiger partial charge in [-0.05, 0) is 26.0 Å². The Balaban J connectivity index is 1.75. The molecule has 0 aliphatic carbocycles. The van der Waals surface area contributed by atoms with Crippen molar-refractivity contribution in [1.29, 1.82) is 0 Å². The minimum absolute atomic E-state index is 0.0599. The lowest BCUT2D eigenvalue weighted by Gasteiger charge is -2.31. The topological polar surface area (TPSA) is 71.1 Å². The van der Waals surface area contributed by atoms with Gasteiger partial charge in [0, 0.05) is 24.1 Å². The normalized spacial score (nSPS) is 18.8. The van der Waals surface area contributed by atoms with Gasteiger partial charge in [-0.25, -0.2) is 9.97 Å². The number of nitrogens with zero attached hydrogens (tertiary/aromatic N) is 3. The van der Waals surface area contributed by atoms with Crippen molar-refractivity contribution in [3.05, 3.63) is 47.3 Å². The largest absolute Gasteiger partial charge is 0.367 e. The van der Waals surface area contributed by atoms with Gasteiger partial charge in [0.1, 0.15) is 17.6 Å². The number of rotatable bonds is 2. The number of aromatic nitrogens is 3. The lowest BCUT2D eigenvalue weighted by atomic mass is 10.2. The van der Waals surface area contributed by atoms with Crippen LogP contribution in [-0.2, 0) is 4.74 Å². The van der Waals surface area contributed by atoms with E-state index < -0.39 is 0 Å². The van der Waals surface area contributed by atoms with Crippen molar-refractivity contribution in [3.63, 3.8) is 0 Å². The lowest BCUT2D eigenvalue weighted by Crippen LogP contribution is -2.42. The number of aryl methyl sites for hydroxylation is 2. The Hall–Kier alpha value is -2.21. The molecule has 1 aliphatic heterocycles. The van der Waals surface area contributed by atoms with E-state index in [2.05, 4.69) is 15.0 Å². The molecule has 3 rings (SSSR count). The van der Waals surface area contributed by atoms with Crippen molar-refractivity contribution in [2.75, 3.05) is 19.7 Å². The Morgan fingerprint density at radius 2 is 2.29 bits per heavy atom. The highest BCUT2D eigenvalue weighted by molar-refractivity contribution is 5.92. The smallest absolute Gasteiger partial charge is 0.272 e. The molecule has 2 aromatic heterocycles. The Morgan fingerprint density at radius 1 is 1.43 bits per heavy atom. The number of hydrogen-bond acceptors (Lipinski definition) is 4. The summed E-state index contributed by atoms with van der Waals surface area (Å²) in [6, 6.07) is 5.48. The minimum atomic E-state index is -0.207. The van der Waals surface area contributed by atoms with E-state index in [9.17, 15) is 4.79 Å². The molecule has 1 saturated heterocycles. The van der Waals surface area contributed by atoms with Crippen LogP contribution in [0, 0.1) is 13.8 Å². The Labute approximate surface area is 123 Å². The molecule has 6 nitrogen and oxygen atoms in total. The fourth-order valence-electron chi connectivity index (χ4n) is 2.42. The molecule has 6 heteroatoms. The van der Waals surface area contributed by atoms with Gasteiger partial charge in [-0.15, -0.1) is 0 Å². The minimum Gasteiger partial charge on any atom is -0.367 e. The Bertz CT molecular complexity index is 653. The summed E-state index contributed by atoms with van der Waals surface area (Å²) in [7, 11) is 0. The third-order valence-electron chi connectivity index (χ3n) is 3.49. The van der Waals surface area contributed by atoms with Gasteiger partial charge in [-0.3, -0.25) is 4.79 Å². The molecule has 0 aromatic carbocycles. The van der Waals surface area contributed by atoms with Crippen molar-refractivity contribution < 1.29 is 9.53 Å². The van der Waals surface area contributed by atoms with Crippen LogP contribution in [0.3, 0.4) is 0 Å². The second-order valence-corrected chi connectivity index (χ2v) is 5.23. The maximum absolute atomic E-state index is 12.5. The number of aromatic amines is 1. The lowest BCUT2D eigenvalue weighted by molar-refractivity contribution is -0.0266. The number of imidazole rings is 1. The summed E-state index contributed by atoms with van der Waals surface area (Å²) >= 11 is 0. The van der Waals surface area contributed by atoms with Crippen LogP contribution < -0.4 is 0 Å². The monoisotopic (exact) mass is 286 g/mol. The van der Waals surface area contributed by atoms with E-state index in [4.69, 9.17) is 4.74 Å². The van der Waals surface area contributed by atoms with E-state index in [1.807, 2.05) is 26.0 Å². The highest BCUT2D eigenvalue weighted by Gasteiger charge is 2.28. The van der Waals surface area contributed by atoms with Crippen LogP contribution in [0.4, 0.5) is 0 Å². The van der Waals surface area contributed by atoms with E-state index in [1.165, 1.54) is 0 Å². The number of amides is 1. The predicted octanol–water partition coefficient (Wildman–Crippen LogP) is 1.64. The summed E-state index contributed by atoms with van der Waals surface area (Å²) in [5, 5.41) is 0. The summed E-state index contributed by atoms with van der Waals surface area (Å²) in [5.74, 6) is 0.706. The van der Waals surface area contributed by atoms with Gasteiger partial charge in [0.2, 0.25) is 0 Å². The first-order valence-corrected chi connectivity index (χ1v) is 6.99. The van der Waals surface area contributed by atoms with Gasteiger partial charge in [0.15, 0.2) is 0 Å². The number of H-pyrrole nitrogens is 1.